The number of carbonyl (C=O) groups excluding carboxylic acids is 1. The molecule has 1 N–H and O–H groups in total. The molecule has 176 valence electrons. The Morgan fingerprint density at radius 1 is 0.912 bits per heavy atom. The molecule has 34 heavy (non-hydrogen) atoms. The van der Waals surface area contributed by atoms with Gasteiger partial charge in [-0.05, 0) is 59.7 Å². The van der Waals surface area contributed by atoms with Gasteiger partial charge in [0.25, 0.3) is 10.0 Å². The molecular weight excluding hydrogens is 454 g/mol. The molecule has 3 aromatic carbocycles. The molecule has 3 aromatic rings. The molecule has 1 amide bonds. The third-order valence-electron chi connectivity index (χ3n) is 5.57. The van der Waals surface area contributed by atoms with E-state index in [1.807, 2.05) is 24.3 Å². The molecule has 1 heterocycles. The van der Waals surface area contributed by atoms with Gasteiger partial charge in [0.1, 0.15) is 11.5 Å². The second-order valence-corrected chi connectivity index (χ2v) is 9.44. The third-order valence-corrected chi connectivity index (χ3v) is 6.97. The fraction of sp³-hybridized carbons (Fsp3) is 0.200. The number of benzene rings is 3. The maximum Gasteiger partial charge on any atom is 0.261 e. The van der Waals surface area contributed by atoms with E-state index in [0.717, 1.165) is 22.6 Å². The Bertz CT molecular complexity index is 1300. The van der Waals surface area contributed by atoms with Gasteiger partial charge in [-0.25, -0.2) is 13.4 Å². The van der Waals surface area contributed by atoms with Crippen molar-refractivity contribution in [2.24, 2.45) is 5.10 Å². The summed E-state index contributed by atoms with van der Waals surface area (Å²) in [5.74, 6) is 1.16. The summed E-state index contributed by atoms with van der Waals surface area (Å²) in [6.07, 6.45) is 0.544. The molecule has 9 heteroatoms. The summed E-state index contributed by atoms with van der Waals surface area (Å²) in [5, 5.41) is 6.03. The van der Waals surface area contributed by atoms with Gasteiger partial charge in [0, 0.05) is 19.0 Å². The van der Waals surface area contributed by atoms with Gasteiger partial charge in [-0.15, -0.1) is 0 Å². The first-order valence-corrected chi connectivity index (χ1v) is 12.1. The molecule has 0 saturated carbocycles. The molecule has 1 atom stereocenters. The Kier molecular flexibility index (Phi) is 6.56. The highest BCUT2D eigenvalue weighted by Gasteiger charge is 2.31. The lowest BCUT2D eigenvalue weighted by Crippen LogP contribution is -2.24. The van der Waals surface area contributed by atoms with Crippen molar-refractivity contribution in [1.82, 2.24) is 5.01 Å². The molecule has 8 nitrogen and oxygen atoms in total. The van der Waals surface area contributed by atoms with E-state index in [1.54, 1.807) is 43.5 Å². The van der Waals surface area contributed by atoms with Crippen molar-refractivity contribution in [1.29, 1.82) is 0 Å². The highest BCUT2D eigenvalue weighted by molar-refractivity contribution is 7.92. The average molecular weight is 480 g/mol. The molecule has 4 rings (SSSR count). The molecule has 1 unspecified atom stereocenters. The Morgan fingerprint density at radius 2 is 1.47 bits per heavy atom. The number of nitrogens with one attached hydrogen (secondary N) is 1. The number of methoxy groups -OCH3 is 2. The van der Waals surface area contributed by atoms with Gasteiger partial charge < -0.3 is 9.47 Å². The van der Waals surface area contributed by atoms with Crippen LogP contribution in [0.25, 0.3) is 0 Å². The van der Waals surface area contributed by atoms with E-state index in [0.29, 0.717) is 17.9 Å². The van der Waals surface area contributed by atoms with Crippen LogP contribution in [0.4, 0.5) is 5.69 Å². The number of rotatable bonds is 7. The first-order chi connectivity index (χ1) is 16.3. The minimum Gasteiger partial charge on any atom is -0.497 e. The summed E-state index contributed by atoms with van der Waals surface area (Å²) in [4.78, 5) is 12.4. The lowest BCUT2D eigenvalue weighted by atomic mass is 9.98. The van der Waals surface area contributed by atoms with E-state index in [4.69, 9.17) is 9.47 Å². The zero-order valence-corrected chi connectivity index (χ0v) is 19.9. The number of ether oxygens (including phenoxy) is 2. The molecule has 1 aliphatic heterocycles. The van der Waals surface area contributed by atoms with Crippen LogP contribution in [0.15, 0.2) is 82.8 Å². The third kappa shape index (κ3) is 4.89. The summed E-state index contributed by atoms with van der Waals surface area (Å²) in [7, 11) is -0.613. The standard InChI is InChI=1S/C25H25N3O5S/c1-17(29)28-25(19-6-10-21(32-2)11-7-19)16-24(26-28)18-4-8-20(9-5-18)27-34(30,31)23-14-12-22(33-3)13-15-23/h4-15,25,27H,16H2,1-3H3. The van der Waals surface area contributed by atoms with Crippen molar-refractivity contribution in [3.05, 3.63) is 83.9 Å². The second-order valence-electron chi connectivity index (χ2n) is 7.76. The molecule has 0 radical (unpaired) electrons. The van der Waals surface area contributed by atoms with Crippen molar-refractivity contribution >= 4 is 27.3 Å². The van der Waals surface area contributed by atoms with Crippen LogP contribution in [0.2, 0.25) is 0 Å². The van der Waals surface area contributed by atoms with E-state index in [2.05, 4.69) is 9.82 Å². The molecule has 0 saturated heterocycles. The minimum atomic E-state index is -3.74. The normalized spacial score (nSPS) is 15.6. The van der Waals surface area contributed by atoms with Gasteiger partial charge in [0.15, 0.2) is 0 Å². The number of hydrogen-bond donors (Lipinski definition) is 1. The van der Waals surface area contributed by atoms with Crippen LogP contribution in [0.1, 0.15) is 30.5 Å². The van der Waals surface area contributed by atoms with Gasteiger partial charge in [-0.2, -0.15) is 5.10 Å². The lowest BCUT2D eigenvalue weighted by molar-refractivity contribution is -0.130. The largest absolute Gasteiger partial charge is 0.497 e. The van der Waals surface area contributed by atoms with Gasteiger partial charge in [0.05, 0.1) is 30.9 Å². The number of sulfonamides is 1. The highest BCUT2D eigenvalue weighted by atomic mass is 32.2. The first kappa shape index (κ1) is 23.3. The maximum atomic E-state index is 12.7. The molecule has 0 bridgehead atoms. The Hall–Kier alpha value is -3.85. The van der Waals surface area contributed by atoms with Crippen LogP contribution in [-0.2, 0) is 14.8 Å². The molecule has 0 aliphatic carbocycles. The quantitative estimate of drug-likeness (QED) is 0.548. The van der Waals surface area contributed by atoms with E-state index < -0.39 is 10.0 Å². The van der Waals surface area contributed by atoms with E-state index in [-0.39, 0.29) is 16.8 Å². The smallest absolute Gasteiger partial charge is 0.261 e. The average Bonchev–Trinajstić information content (AvgIpc) is 3.30. The zero-order valence-electron chi connectivity index (χ0n) is 19.1. The summed E-state index contributed by atoms with van der Waals surface area (Å²) in [5.41, 5.74) is 2.95. The number of nitrogens with zero attached hydrogens (tertiary/aromatic N) is 2. The van der Waals surface area contributed by atoms with E-state index in [9.17, 15) is 13.2 Å². The number of amides is 1. The molecule has 0 fully saturated rings. The molecule has 0 spiro atoms. The summed E-state index contributed by atoms with van der Waals surface area (Å²) < 4.78 is 38.2. The summed E-state index contributed by atoms with van der Waals surface area (Å²) in [6.45, 7) is 1.49. The van der Waals surface area contributed by atoms with Crippen molar-refractivity contribution in [3.63, 3.8) is 0 Å². The van der Waals surface area contributed by atoms with E-state index >= 15 is 0 Å². The van der Waals surface area contributed by atoms with Crippen molar-refractivity contribution in [2.45, 2.75) is 24.3 Å². The SMILES string of the molecule is COc1ccc(C2CC(c3ccc(NS(=O)(=O)c4ccc(OC)cc4)cc3)=NN2C(C)=O)cc1. The molecule has 1 aliphatic rings. The number of carbonyl (C=O) groups is 1. The van der Waals surface area contributed by atoms with Crippen LogP contribution in [0.3, 0.4) is 0 Å². The van der Waals surface area contributed by atoms with Crippen LogP contribution in [0, 0.1) is 0 Å². The Labute approximate surface area is 198 Å². The van der Waals surface area contributed by atoms with Gasteiger partial charge in [0.2, 0.25) is 5.91 Å². The summed E-state index contributed by atoms with van der Waals surface area (Å²) in [6, 6.07) is 20.4. The van der Waals surface area contributed by atoms with E-state index in [1.165, 1.54) is 31.2 Å². The fourth-order valence-corrected chi connectivity index (χ4v) is 4.82. The number of hydrazone groups is 1. The topological polar surface area (TPSA) is 97.3 Å². The molecular formula is C25H25N3O5S. The minimum absolute atomic E-state index is 0.136. The van der Waals surface area contributed by atoms with Crippen molar-refractivity contribution in [3.8, 4) is 11.5 Å². The maximum absolute atomic E-state index is 12.7. The summed E-state index contributed by atoms with van der Waals surface area (Å²) >= 11 is 0. The second kappa shape index (κ2) is 9.56. The molecule has 0 aromatic heterocycles. The number of anilines is 1. The zero-order chi connectivity index (χ0) is 24.3. The van der Waals surface area contributed by atoms with Crippen LogP contribution < -0.4 is 14.2 Å². The van der Waals surface area contributed by atoms with Gasteiger partial charge in [-0.3, -0.25) is 9.52 Å². The monoisotopic (exact) mass is 479 g/mol. The highest BCUT2D eigenvalue weighted by Crippen LogP contribution is 2.34. The van der Waals surface area contributed by atoms with Gasteiger partial charge >= 0.3 is 0 Å². The van der Waals surface area contributed by atoms with Crippen molar-refractivity contribution < 1.29 is 22.7 Å². The lowest BCUT2D eigenvalue weighted by Gasteiger charge is -2.20. The van der Waals surface area contributed by atoms with Crippen molar-refractivity contribution in [2.75, 3.05) is 18.9 Å². The van der Waals surface area contributed by atoms with Crippen LogP contribution in [0.5, 0.6) is 11.5 Å². The van der Waals surface area contributed by atoms with Crippen LogP contribution in [-0.4, -0.2) is 39.3 Å². The Morgan fingerprint density at radius 3 is 2.00 bits per heavy atom. The Balaban J connectivity index is 1.51. The number of hydrogen-bond acceptors (Lipinski definition) is 6. The first-order valence-electron chi connectivity index (χ1n) is 10.6. The fourth-order valence-electron chi connectivity index (χ4n) is 3.76. The van der Waals surface area contributed by atoms with Crippen LogP contribution >= 0.6 is 0 Å². The predicted octanol–water partition coefficient (Wildman–Crippen LogP) is 4.20. The predicted molar refractivity (Wildman–Crippen MR) is 130 cm³/mol. The van der Waals surface area contributed by atoms with Gasteiger partial charge in [-0.1, -0.05) is 24.3 Å².